The minimum absolute atomic E-state index is 0.00586. The molecule has 0 saturated heterocycles. The average Bonchev–Trinajstić information content (AvgIpc) is 3.00. The lowest BCUT2D eigenvalue weighted by atomic mass is 10.1. The molecule has 1 aliphatic rings. The van der Waals surface area contributed by atoms with Gasteiger partial charge in [-0.15, -0.1) is 0 Å². The predicted octanol–water partition coefficient (Wildman–Crippen LogP) is 5.76. The Balaban J connectivity index is 1.79. The van der Waals surface area contributed by atoms with E-state index in [2.05, 4.69) is 48.0 Å². The summed E-state index contributed by atoms with van der Waals surface area (Å²) >= 11 is 11.3. The van der Waals surface area contributed by atoms with Crippen LogP contribution in [0.2, 0.25) is 5.02 Å². The maximum atomic E-state index is 12.7. The SMILES string of the molecule is CC1=CC(=Cc2c(O)n(-c3ccc(Cl)cc3)c(=S)[nH]c2=O)C(C)N1c1ccc(C)cc1. The molecule has 0 fully saturated rings. The molecule has 1 aromatic heterocycles. The van der Waals surface area contributed by atoms with Crippen molar-refractivity contribution >= 4 is 35.6 Å². The molecule has 3 aromatic rings. The number of aromatic nitrogens is 2. The lowest BCUT2D eigenvalue weighted by Crippen LogP contribution is -2.27. The second-order valence-corrected chi connectivity index (χ2v) is 8.44. The van der Waals surface area contributed by atoms with Gasteiger partial charge >= 0.3 is 0 Å². The number of aryl methyl sites for hydroxylation is 1. The maximum absolute atomic E-state index is 12.7. The summed E-state index contributed by atoms with van der Waals surface area (Å²) in [4.78, 5) is 17.5. The van der Waals surface area contributed by atoms with Crippen molar-refractivity contribution in [1.82, 2.24) is 9.55 Å². The van der Waals surface area contributed by atoms with E-state index in [1.54, 1.807) is 30.3 Å². The van der Waals surface area contributed by atoms with Crippen molar-refractivity contribution in [3.63, 3.8) is 0 Å². The van der Waals surface area contributed by atoms with Gasteiger partial charge in [-0.1, -0.05) is 29.3 Å². The van der Waals surface area contributed by atoms with E-state index in [4.69, 9.17) is 23.8 Å². The minimum Gasteiger partial charge on any atom is -0.494 e. The highest BCUT2D eigenvalue weighted by molar-refractivity contribution is 7.71. The Bertz CT molecular complexity index is 1320. The number of allylic oxidation sites excluding steroid dienone is 1. The fourth-order valence-electron chi connectivity index (χ4n) is 3.85. The van der Waals surface area contributed by atoms with Crippen LogP contribution in [0.25, 0.3) is 11.8 Å². The number of H-pyrrole nitrogens is 1. The van der Waals surface area contributed by atoms with E-state index >= 15 is 0 Å². The van der Waals surface area contributed by atoms with E-state index in [1.165, 1.54) is 10.1 Å². The number of hydrogen-bond acceptors (Lipinski definition) is 4. The van der Waals surface area contributed by atoms with Crippen molar-refractivity contribution in [2.24, 2.45) is 0 Å². The summed E-state index contributed by atoms with van der Waals surface area (Å²) < 4.78 is 1.53. The van der Waals surface area contributed by atoms with Crippen LogP contribution in [0.3, 0.4) is 0 Å². The second kappa shape index (κ2) is 8.21. The fourth-order valence-corrected chi connectivity index (χ4v) is 4.26. The van der Waals surface area contributed by atoms with Crippen LogP contribution in [0.4, 0.5) is 5.69 Å². The van der Waals surface area contributed by atoms with Crippen molar-refractivity contribution < 1.29 is 5.11 Å². The van der Waals surface area contributed by atoms with Gasteiger partial charge in [0.15, 0.2) is 4.77 Å². The van der Waals surface area contributed by atoms with Gasteiger partial charge in [0.05, 0.1) is 11.7 Å². The van der Waals surface area contributed by atoms with Gasteiger partial charge < -0.3 is 10.0 Å². The molecule has 0 amide bonds. The summed E-state index contributed by atoms with van der Waals surface area (Å²) in [6, 6.07) is 15.2. The summed E-state index contributed by atoms with van der Waals surface area (Å²) in [7, 11) is 0. The van der Waals surface area contributed by atoms with Crippen LogP contribution in [-0.2, 0) is 0 Å². The van der Waals surface area contributed by atoms with Gasteiger partial charge in [0.2, 0.25) is 5.88 Å². The molecule has 2 N–H and O–H groups in total. The Kier molecular flexibility index (Phi) is 5.60. The molecule has 2 heterocycles. The normalized spacial score (nSPS) is 17.3. The van der Waals surface area contributed by atoms with Gasteiger partial charge in [0.1, 0.15) is 5.56 Å². The summed E-state index contributed by atoms with van der Waals surface area (Å²) in [5, 5.41) is 11.5. The molecule has 0 aliphatic carbocycles. The summed E-state index contributed by atoms with van der Waals surface area (Å²) in [5.41, 5.74) is 4.57. The van der Waals surface area contributed by atoms with E-state index in [9.17, 15) is 9.90 Å². The monoisotopic (exact) mass is 451 g/mol. The van der Waals surface area contributed by atoms with E-state index in [-0.39, 0.29) is 22.3 Å². The topological polar surface area (TPSA) is 61.3 Å². The van der Waals surface area contributed by atoms with Crippen LogP contribution in [0.5, 0.6) is 5.88 Å². The van der Waals surface area contributed by atoms with Crippen molar-refractivity contribution in [3.05, 3.63) is 97.2 Å². The molecule has 0 saturated carbocycles. The summed E-state index contributed by atoms with van der Waals surface area (Å²) in [6.45, 7) is 6.15. The predicted molar refractivity (Wildman–Crippen MR) is 129 cm³/mol. The second-order valence-electron chi connectivity index (χ2n) is 7.62. The molecule has 1 aliphatic heterocycles. The quantitative estimate of drug-likeness (QED) is 0.497. The minimum atomic E-state index is -0.438. The average molecular weight is 452 g/mol. The Morgan fingerprint density at radius 1 is 1.06 bits per heavy atom. The fraction of sp³-hybridized carbons (Fsp3) is 0.167. The number of nitrogens with zero attached hydrogens (tertiary/aromatic N) is 2. The first-order valence-electron chi connectivity index (χ1n) is 9.86. The number of anilines is 1. The van der Waals surface area contributed by atoms with Gasteiger partial charge in [-0.2, -0.15) is 0 Å². The molecule has 0 radical (unpaired) electrons. The number of nitrogens with one attached hydrogen (secondary N) is 1. The third-order valence-electron chi connectivity index (χ3n) is 5.45. The van der Waals surface area contributed by atoms with Gasteiger partial charge in [-0.3, -0.25) is 14.3 Å². The molecule has 7 heteroatoms. The summed E-state index contributed by atoms with van der Waals surface area (Å²) in [6.07, 6.45) is 3.75. The van der Waals surface area contributed by atoms with Crippen LogP contribution in [0, 0.1) is 11.7 Å². The third kappa shape index (κ3) is 3.96. The first-order chi connectivity index (χ1) is 14.8. The maximum Gasteiger partial charge on any atom is 0.262 e. The molecule has 2 aromatic carbocycles. The van der Waals surface area contributed by atoms with Gasteiger partial charge in [0.25, 0.3) is 5.56 Å². The highest BCUT2D eigenvalue weighted by Gasteiger charge is 2.26. The number of hydrogen-bond donors (Lipinski definition) is 2. The molecule has 158 valence electrons. The first kappa shape index (κ1) is 21.2. The Hall–Kier alpha value is -3.09. The van der Waals surface area contributed by atoms with Crippen LogP contribution in [0.15, 0.2) is 70.7 Å². The van der Waals surface area contributed by atoms with Crippen molar-refractivity contribution in [2.75, 3.05) is 4.90 Å². The zero-order chi connectivity index (χ0) is 22.3. The molecule has 5 nitrogen and oxygen atoms in total. The van der Waals surface area contributed by atoms with E-state index in [1.807, 2.05) is 13.0 Å². The lowest BCUT2D eigenvalue weighted by molar-refractivity contribution is 0.432. The van der Waals surface area contributed by atoms with Gasteiger partial charge in [-0.25, -0.2) is 0 Å². The van der Waals surface area contributed by atoms with Gasteiger partial charge in [-0.05, 0) is 87.1 Å². The Morgan fingerprint density at radius 2 is 1.68 bits per heavy atom. The molecule has 1 unspecified atom stereocenters. The Morgan fingerprint density at radius 3 is 2.32 bits per heavy atom. The van der Waals surface area contributed by atoms with Crippen LogP contribution in [0.1, 0.15) is 25.0 Å². The molecular weight excluding hydrogens is 430 g/mol. The van der Waals surface area contributed by atoms with Crippen LogP contribution in [-0.4, -0.2) is 20.7 Å². The number of aromatic amines is 1. The largest absolute Gasteiger partial charge is 0.494 e. The number of rotatable bonds is 3. The van der Waals surface area contributed by atoms with E-state index in [0.717, 1.165) is 17.0 Å². The third-order valence-corrected chi connectivity index (χ3v) is 5.99. The molecule has 1 atom stereocenters. The lowest BCUT2D eigenvalue weighted by Gasteiger charge is -2.27. The van der Waals surface area contributed by atoms with Crippen molar-refractivity contribution in [2.45, 2.75) is 26.8 Å². The van der Waals surface area contributed by atoms with E-state index in [0.29, 0.717) is 10.7 Å². The molecular formula is C24H22ClN3O2S. The molecule has 4 rings (SSSR count). The van der Waals surface area contributed by atoms with Crippen LogP contribution < -0.4 is 10.5 Å². The molecule has 31 heavy (non-hydrogen) atoms. The smallest absolute Gasteiger partial charge is 0.262 e. The number of benzene rings is 2. The van der Waals surface area contributed by atoms with Crippen molar-refractivity contribution in [1.29, 1.82) is 0 Å². The number of halogens is 1. The first-order valence-corrected chi connectivity index (χ1v) is 10.6. The van der Waals surface area contributed by atoms with Gasteiger partial charge in [0, 0.05) is 16.4 Å². The standard InChI is InChI=1S/C24H22ClN3O2S/c1-14-4-8-19(9-5-14)27-15(2)12-17(16(27)3)13-21-22(29)26-24(31)28(23(21)30)20-10-6-18(25)7-11-20/h4-13,16,30H,1-3H3,(H,26,29,31). The molecule has 0 bridgehead atoms. The Labute approximate surface area is 190 Å². The highest BCUT2D eigenvalue weighted by atomic mass is 35.5. The highest BCUT2D eigenvalue weighted by Crippen LogP contribution is 2.34. The zero-order valence-electron chi connectivity index (χ0n) is 17.4. The van der Waals surface area contributed by atoms with E-state index < -0.39 is 5.56 Å². The van der Waals surface area contributed by atoms with Crippen molar-refractivity contribution in [3.8, 4) is 11.6 Å². The zero-order valence-corrected chi connectivity index (χ0v) is 19.0. The van der Waals surface area contributed by atoms with Crippen LogP contribution >= 0.6 is 23.8 Å². The molecule has 0 spiro atoms. The number of aromatic hydroxyl groups is 1. The summed E-state index contributed by atoms with van der Waals surface area (Å²) in [5.74, 6) is -0.212.